The smallest absolute Gasteiger partial charge is 0.165 e. The lowest BCUT2D eigenvalue weighted by Gasteiger charge is -2.10. The number of ether oxygens (including phenoxy) is 1. The third-order valence-corrected chi connectivity index (χ3v) is 3.52. The maximum atomic E-state index is 13.8. The Hall–Kier alpha value is -1.88. The molecule has 1 heterocycles. The summed E-state index contributed by atoms with van der Waals surface area (Å²) in [6, 6.07) is 6.68. The number of nitrogens with zero attached hydrogens (tertiary/aromatic N) is 2. The van der Waals surface area contributed by atoms with Gasteiger partial charge in [-0.05, 0) is 44.0 Å². The Morgan fingerprint density at radius 1 is 1.33 bits per heavy atom. The fraction of sp³-hybridized carbons (Fsp3) is 0.438. The first-order chi connectivity index (χ1) is 10.0. The molecule has 0 bridgehead atoms. The lowest BCUT2D eigenvalue weighted by atomic mass is 10.1. The number of rotatable bonds is 6. The van der Waals surface area contributed by atoms with E-state index in [1.54, 1.807) is 13.0 Å². The Morgan fingerprint density at radius 3 is 2.71 bits per heavy atom. The van der Waals surface area contributed by atoms with E-state index in [0.717, 1.165) is 12.1 Å². The summed E-state index contributed by atoms with van der Waals surface area (Å²) >= 11 is 0. The second-order valence-corrected chi connectivity index (χ2v) is 5.20. The maximum absolute atomic E-state index is 13.8. The van der Waals surface area contributed by atoms with Crippen LogP contribution in [0, 0.1) is 5.82 Å². The lowest BCUT2D eigenvalue weighted by molar-refractivity contribution is 0.198. The number of aromatic nitrogens is 2. The molecule has 21 heavy (non-hydrogen) atoms. The van der Waals surface area contributed by atoms with Crippen molar-refractivity contribution in [3.05, 3.63) is 47.5 Å². The van der Waals surface area contributed by atoms with E-state index < -0.39 is 11.9 Å². The highest BCUT2D eigenvalue weighted by Gasteiger charge is 2.10. The fourth-order valence-electron chi connectivity index (χ4n) is 1.93. The van der Waals surface area contributed by atoms with Crippen LogP contribution in [0.25, 0.3) is 0 Å². The standard InChI is InChI=1S/C16H21FN2O2/c1-4-11(2)19-8-7-14(18-19)10-21-16-6-5-13(12(3)20)9-15(16)17/h5-9,11-12,20H,4,10H2,1-3H3. The van der Waals surface area contributed by atoms with E-state index in [9.17, 15) is 9.50 Å². The second kappa shape index (κ2) is 6.72. The van der Waals surface area contributed by atoms with Crippen molar-refractivity contribution in [3.8, 4) is 5.75 Å². The van der Waals surface area contributed by atoms with Crippen molar-refractivity contribution in [2.24, 2.45) is 0 Å². The van der Waals surface area contributed by atoms with Gasteiger partial charge >= 0.3 is 0 Å². The Balaban J connectivity index is 2.01. The van der Waals surface area contributed by atoms with E-state index >= 15 is 0 Å². The summed E-state index contributed by atoms with van der Waals surface area (Å²) in [7, 11) is 0. The minimum Gasteiger partial charge on any atom is -0.484 e. The van der Waals surface area contributed by atoms with Crippen molar-refractivity contribution in [2.45, 2.75) is 45.9 Å². The van der Waals surface area contributed by atoms with Crippen molar-refractivity contribution in [1.82, 2.24) is 9.78 Å². The normalized spacial score (nSPS) is 14.0. The third kappa shape index (κ3) is 3.82. The molecule has 2 rings (SSSR count). The van der Waals surface area contributed by atoms with Gasteiger partial charge in [0.1, 0.15) is 6.61 Å². The molecule has 0 aliphatic rings. The number of benzene rings is 1. The molecule has 2 unspecified atom stereocenters. The van der Waals surface area contributed by atoms with E-state index in [2.05, 4.69) is 18.9 Å². The predicted octanol–water partition coefficient (Wildman–Crippen LogP) is 3.63. The van der Waals surface area contributed by atoms with Gasteiger partial charge in [0.15, 0.2) is 11.6 Å². The molecule has 114 valence electrons. The van der Waals surface area contributed by atoms with Crippen LogP contribution in [0.15, 0.2) is 30.5 Å². The number of aliphatic hydroxyl groups is 1. The SMILES string of the molecule is CCC(C)n1ccc(COc2ccc(C(C)O)cc2F)n1. The lowest BCUT2D eigenvalue weighted by Crippen LogP contribution is -2.06. The Morgan fingerprint density at radius 2 is 2.10 bits per heavy atom. The summed E-state index contributed by atoms with van der Waals surface area (Å²) in [6.07, 6.45) is 2.21. The molecule has 0 saturated carbocycles. The van der Waals surface area contributed by atoms with Crippen molar-refractivity contribution < 1.29 is 14.2 Å². The first-order valence-electron chi connectivity index (χ1n) is 7.15. The van der Waals surface area contributed by atoms with Gasteiger partial charge in [-0.25, -0.2) is 4.39 Å². The molecule has 0 fully saturated rings. The molecule has 1 N–H and O–H groups in total. The first kappa shape index (κ1) is 15.5. The van der Waals surface area contributed by atoms with Crippen LogP contribution in [0.2, 0.25) is 0 Å². The van der Waals surface area contributed by atoms with Crippen LogP contribution >= 0.6 is 0 Å². The highest BCUT2D eigenvalue weighted by atomic mass is 19.1. The Bertz CT molecular complexity index is 596. The monoisotopic (exact) mass is 292 g/mol. The summed E-state index contributed by atoms with van der Waals surface area (Å²) < 4.78 is 21.2. The zero-order chi connectivity index (χ0) is 15.4. The molecular weight excluding hydrogens is 271 g/mol. The average molecular weight is 292 g/mol. The van der Waals surface area contributed by atoms with Gasteiger partial charge in [-0.3, -0.25) is 4.68 Å². The summed E-state index contributed by atoms with van der Waals surface area (Å²) in [5.41, 5.74) is 1.29. The molecule has 0 aliphatic heterocycles. The van der Waals surface area contributed by atoms with Crippen LogP contribution in [-0.2, 0) is 6.61 Å². The molecule has 0 spiro atoms. The van der Waals surface area contributed by atoms with Crippen molar-refractivity contribution in [2.75, 3.05) is 0 Å². The minimum atomic E-state index is -0.695. The molecular formula is C16H21FN2O2. The molecule has 0 amide bonds. The Kier molecular flexibility index (Phi) is 4.96. The third-order valence-electron chi connectivity index (χ3n) is 3.52. The van der Waals surface area contributed by atoms with E-state index in [-0.39, 0.29) is 12.4 Å². The van der Waals surface area contributed by atoms with Crippen molar-refractivity contribution >= 4 is 0 Å². The topological polar surface area (TPSA) is 47.3 Å². The van der Waals surface area contributed by atoms with E-state index in [4.69, 9.17) is 4.74 Å². The predicted molar refractivity (Wildman–Crippen MR) is 78.6 cm³/mol. The molecule has 1 aromatic heterocycles. The van der Waals surface area contributed by atoms with Crippen LogP contribution in [0.1, 0.15) is 50.6 Å². The zero-order valence-electron chi connectivity index (χ0n) is 12.6. The largest absolute Gasteiger partial charge is 0.484 e. The van der Waals surface area contributed by atoms with Crippen LogP contribution in [0.3, 0.4) is 0 Å². The van der Waals surface area contributed by atoms with Gasteiger partial charge in [-0.15, -0.1) is 0 Å². The maximum Gasteiger partial charge on any atom is 0.165 e. The molecule has 2 aromatic rings. The molecule has 5 heteroatoms. The van der Waals surface area contributed by atoms with Crippen LogP contribution in [0.4, 0.5) is 4.39 Å². The van der Waals surface area contributed by atoms with Crippen LogP contribution in [-0.4, -0.2) is 14.9 Å². The quantitative estimate of drug-likeness (QED) is 0.884. The Labute approximate surface area is 124 Å². The highest BCUT2D eigenvalue weighted by molar-refractivity contribution is 5.30. The van der Waals surface area contributed by atoms with E-state index in [0.29, 0.717) is 11.6 Å². The van der Waals surface area contributed by atoms with Gasteiger partial charge in [0, 0.05) is 12.2 Å². The van der Waals surface area contributed by atoms with Gasteiger partial charge in [0.05, 0.1) is 11.8 Å². The van der Waals surface area contributed by atoms with Crippen molar-refractivity contribution in [1.29, 1.82) is 0 Å². The van der Waals surface area contributed by atoms with Crippen LogP contribution < -0.4 is 4.74 Å². The molecule has 0 aliphatic carbocycles. The van der Waals surface area contributed by atoms with Gasteiger partial charge in [0.2, 0.25) is 0 Å². The number of aliphatic hydroxyl groups excluding tert-OH is 1. The molecule has 0 radical (unpaired) electrons. The first-order valence-corrected chi connectivity index (χ1v) is 7.15. The van der Waals surface area contributed by atoms with Gasteiger partial charge in [-0.2, -0.15) is 5.10 Å². The highest BCUT2D eigenvalue weighted by Crippen LogP contribution is 2.22. The number of hydrogen-bond acceptors (Lipinski definition) is 3. The van der Waals surface area contributed by atoms with E-state index in [1.807, 2.05) is 16.9 Å². The fourth-order valence-corrected chi connectivity index (χ4v) is 1.93. The van der Waals surface area contributed by atoms with Crippen LogP contribution in [0.5, 0.6) is 5.75 Å². The second-order valence-electron chi connectivity index (χ2n) is 5.20. The number of halogens is 1. The number of hydrogen-bond donors (Lipinski definition) is 1. The summed E-state index contributed by atoms with van der Waals surface area (Å²) in [5.74, 6) is -0.313. The van der Waals surface area contributed by atoms with Gasteiger partial charge in [0.25, 0.3) is 0 Å². The molecule has 4 nitrogen and oxygen atoms in total. The zero-order valence-corrected chi connectivity index (χ0v) is 12.6. The summed E-state index contributed by atoms with van der Waals surface area (Å²) in [5, 5.41) is 13.8. The molecule has 1 aromatic carbocycles. The summed E-state index contributed by atoms with van der Waals surface area (Å²) in [4.78, 5) is 0. The molecule has 0 saturated heterocycles. The summed E-state index contributed by atoms with van der Waals surface area (Å²) in [6.45, 7) is 6.00. The average Bonchev–Trinajstić information content (AvgIpc) is 2.93. The van der Waals surface area contributed by atoms with E-state index in [1.165, 1.54) is 12.1 Å². The minimum absolute atomic E-state index is 0.164. The van der Waals surface area contributed by atoms with Gasteiger partial charge in [-0.1, -0.05) is 13.0 Å². The van der Waals surface area contributed by atoms with Gasteiger partial charge < -0.3 is 9.84 Å². The van der Waals surface area contributed by atoms with Crippen molar-refractivity contribution in [3.63, 3.8) is 0 Å². The molecule has 2 atom stereocenters.